The molecule has 0 fully saturated rings. The smallest absolute Gasteiger partial charge is 0.134 e. The molecule has 0 amide bonds. The van der Waals surface area contributed by atoms with Gasteiger partial charge < -0.3 is 9.73 Å². The van der Waals surface area contributed by atoms with Crippen molar-refractivity contribution in [3.05, 3.63) is 56.0 Å². The summed E-state index contributed by atoms with van der Waals surface area (Å²) in [5, 5.41) is 6.85. The first-order valence-electron chi connectivity index (χ1n) is 6.23. The van der Waals surface area contributed by atoms with Crippen molar-refractivity contribution in [1.82, 2.24) is 5.32 Å². The van der Waals surface area contributed by atoms with Crippen LogP contribution in [0.25, 0.3) is 11.0 Å². The first-order chi connectivity index (χ1) is 9.28. The zero-order chi connectivity index (χ0) is 13.2. The van der Waals surface area contributed by atoms with Crippen molar-refractivity contribution in [2.75, 3.05) is 6.54 Å². The second kappa shape index (κ2) is 5.64. The summed E-state index contributed by atoms with van der Waals surface area (Å²) >= 11 is 4.12. The highest BCUT2D eigenvalue weighted by atomic mass is 127. The van der Waals surface area contributed by atoms with Crippen LogP contribution >= 0.6 is 33.9 Å². The number of halogens is 1. The largest absolute Gasteiger partial charge is 0.459 e. The Hall–Kier alpha value is -0.850. The molecule has 0 bridgehead atoms. The van der Waals surface area contributed by atoms with E-state index in [4.69, 9.17) is 4.42 Å². The molecular weight excluding hydrogens is 369 g/mol. The minimum atomic E-state index is 0.136. The molecule has 4 heteroatoms. The Morgan fingerprint density at radius 3 is 2.84 bits per heavy atom. The second-order valence-electron chi connectivity index (χ2n) is 4.36. The number of thiophene rings is 1. The van der Waals surface area contributed by atoms with Crippen molar-refractivity contribution in [3.63, 3.8) is 0 Å². The summed E-state index contributed by atoms with van der Waals surface area (Å²) in [5.41, 5.74) is 2.22. The number of para-hydroxylation sites is 1. The van der Waals surface area contributed by atoms with Gasteiger partial charge in [0.1, 0.15) is 11.3 Å². The van der Waals surface area contributed by atoms with Gasteiger partial charge in [-0.25, -0.2) is 0 Å². The fourth-order valence-corrected chi connectivity index (χ4v) is 3.60. The highest BCUT2D eigenvalue weighted by Crippen LogP contribution is 2.31. The zero-order valence-electron chi connectivity index (χ0n) is 10.5. The van der Waals surface area contributed by atoms with Gasteiger partial charge in [-0.15, -0.1) is 11.3 Å². The third-order valence-electron chi connectivity index (χ3n) is 3.06. The molecule has 1 N–H and O–H groups in total. The highest BCUT2D eigenvalue weighted by molar-refractivity contribution is 14.1. The van der Waals surface area contributed by atoms with Gasteiger partial charge >= 0.3 is 0 Å². The molecular formula is C15H14INOS. The van der Waals surface area contributed by atoms with Crippen LogP contribution in [-0.4, -0.2) is 6.54 Å². The molecule has 3 aromatic rings. The number of furan rings is 1. The minimum absolute atomic E-state index is 0.136. The molecule has 2 aromatic heterocycles. The third-order valence-corrected chi connectivity index (χ3v) is 4.87. The first kappa shape index (κ1) is 13.1. The SMILES string of the molecule is CCNC(c1csc(I)c1)c1cc2ccccc2o1. The van der Waals surface area contributed by atoms with Crippen molar-refractivity contribution in [2.24, 2.45) is 0 Å². The number of benzene rings is 1. The van der Waals surface area contributed by atoms with Crippen LogP contribution < -0.4 is 5.32 Å². The Morgan fingerprint density at radius 2 is 2.16 bits per heavy atom. The maximum atomic E-state index is 5.99. The molecule has 0 aliphatic rings. The molecule has 2 nitrogen and oxygen atoms in total. The molecule has 0 saturated carbocycles. The Kier molecular flexibility index (Phi) is 3.91. The van der Waals surface area contributed by atoms with E-state index in [1.54, 1.807) is 11.3 Å². The molecule has 19 heavy (non-hydrogen) atoms. The van der Waals surface area contributed by atoms with Crippen LogP contribution in [-0.2, 0) is 0 Å². The minimum Gasteiger partial charge on any atom is -0.459 e. The van der Waals surface area contributed by atoms with Gasteiger partial charge in [0.05, 0.1) is 8.93 Å². The molecule has 98 valence electrons. The summed E-state index contributed by atoms with van der Waals surface area (Å²) in [6.07, 6.45) is 0. The standard InChI is InChI=1S/C15H14INOS/c1-2-17-15(11-8-14(16)19-9-11)13-7-10-5-3-4-6-12(10)18-13/h3-9,15,17H,2H2,1H3. The molecule has 0 saturated heterocycles. The van der Waals surface area contributed by atoms with E-state index in [1.165, 1.54) is 8.45 Å². The number of hydrogen-bond donors (Lipinski definition) is 1. The summed E-state index contributed by atoms with van der Waals surface area (Å²) in [6.45, 7) is 3.03. The van der Waals surface area contributed by atoms with Crippen LogP contribution in [0.1, 0.15) is 24.3 Å². The number of hydrogen-bond acceptors (Lipinski definition) is 3. The van der Waals surface area contributed by atoms with E-state index in [-0.39, 0.29) is 6.04 Å². The summed E-state index contributed by atoms with van der Waals surface area (Å²) in [4.78, 5) is 0. The van der Waals surface area contributed by atoms with E-state index in [0.29, 0.717) is 0 Å². The lowest BCUT2D eigenvalue weighted by molar-refractivity contribution is 0.478. The van der Waals surface area contributed by atoms with E-state index in [1.807, 2.05) is 18.2 Å². The second-order valence-corrected chi connectivity index (χ2v) is 7.17. The lowest BCUT2D eigenvalue weighted by atomic mass is 10.1. The van der Waals surface area contributed by atoms with E-state index >= 15 is 0 Å². The highest BCUT2D eigenvalue weighted by Gasteiger charge is 2.18. The van der Waals surface area contributed by atoms with Gasteiger partial charge in [-0.3, -0.25) is 0 Å². The Balaban J connectivity index is 2.03. The Labute approximate surface area is 130 Å². The summed E-state index contributed by atoms with van der Waals surface area (Å²) in [5.74, 6) is 0.984. The van der Waals surface area contributed by atoms with Crippen molar-refractivity contribution < 1.29 is 4.42 Å². The topological polar surface area (TPSA) is 25.2 Å². The molecule has 1 atom stereocenters. The van der Waals surface area contributed by atoms with Crippen LogP contribution in [0.3, 0.4) is 0 Å². The van der Waals surface area contributed by atoms with E-state index in [9.17, 15) is 0 Å². The number of rotatable bonds is 4. The van der Waals surface area contributed by atoms with Crippen molar-refractivity contribution in [3.8, 4) is 0 Å². The van der Waals surface area contributed by atoms with Gasteiger partial charge in [0, 0.05) is 5.39 Å². The van der Waals surface area contributed by atoms with Crippen molar-refractivity contribution >= 4 is 44.9 Å². The predicted octanol–water partition coefficient (Wildman–Crippen LogP) is 4.80. The lowest BCUT2D eigenvalue weighted by Crippen LogP contribution is -2.20. The molecule has 0 aliphatic heterocycles. The van der Waals surface area contributed by atoms with Crippen LogP contribution in [0, 0.1) is 2.88 Å². The molecule has 3 rings (SSSR count). The van der Waals surface area contributed by atoms with Gasteiger partial charge in [-0.2, -0.15) is 0 Å². The van der Waals surface area contributed by atoms with Gasteiger partial charge in [0.15, 0.2) is 0 Å². The van der Waals surface area contributed by atoms with Crippen LogP contribution in [0.5, 0.6) is 0 Å². The van der Waals surface area contributed by atoms with Crippen molar-refractivity contribution in [2.45, 2.75) is 13.0 Å². The normalized spacial score (nSPS) is 12.9. The third kappa shape index (κ3) is 2.70. The lowest BCUT2D eigenvalue weighted by Gasteiger charge is -2.13. The molecule has 1 aromatic carbocycles. The predicted molar refractivity (Wildman–Crippen MR) is 88.8 cm³/mol. The monoisotopic (exact) mass is 383 g/mol. The molecule has 0 aliphatic carbocycles. The van der Waals surface area contributed by atoms with Gasteiger partial charge in [-0.1, -0.05) is 25.1 Å². The van der Waals surface area contributed by atoms with E-state index in [2.05, 4.69) is 58.4 Å². The first-order valence-corrected chi connectivity index (χ1v) is 8.19. The van der Waals surface area contributed by atoms with Crippen LogP contribution in [0.4, 0.5) is 0 Å². The fourth-order valence-electron chi connectivity index (χ4n) is 2.21. The molecule has 1 unspecified atom stereocenters. The molecule has 0 spiro atoms. The average Bonchev–Trinajstić information content (AvgIpc) is 3.01. The average molecular weight is 383 g/mol. The van der Waals surface area contributed by atoms with Gasteiger partial charge in [-0.05, 0) is 58.3 Å². The Morgan fingerprint density at radius 1 is 1.32 bits per heavy atom. The van der Waals surface area contributed by atoms with Crippen LogP contribution in [0.15, 0.2) is 46.2 Å². The Bertz CT molecular complexity index is 655. The van der Waals surface area contributed by atoms with E-state index in [0.717, 1.165) is 23.3 Å². The quantitative estimate of drug-likeness (QED) is 0.655. The number of fused-ring (bicyclic) bond motifs is 1. The van der Waals surface area contributed by atoms with Gasteiger partial charge in [0.25, 0.3) is 0 Å². The molecule has 0 radical (unpaired) electrons. The fraction of sp³-hybridized carbons (Fsp3) is 0.200. The van der Waals surface area contributed by atoms with Gasteiger partial charge in [0.2, 0.25) is 0 Å². The summed E-state index contributed by atoms with van der Waals surface area (Å²) < 4.78 is 7.28. The zero-order valence-corrected chi connectivity index (χ0v) is 13.5. The summed E-state index contributed by atoms with van der Waals surface area (Å²) in [7, 11) is 0. The maximum absolute atomic E-state index is 5.99. The number of nitrogens with one attached hydrogen (secondary N) is 1. The molecule has 2 heterocycles. The van der Waals surface area contributed by atoms with E-state index < -0.39 is 0 Å². The van der Waals surface area contributed by atoms with Crippen molar-refractivity contribution in [1.29, 1.82) is 0 Å². The summed E-state index contributed by atoms with van der Waals surface area (Å²) in [6, 6.07) is 12.6. The van der Waals surface area contributed by atoms with Crippen LogP contribution in [0.2, 0.25) is 0 Å². The maximum Gasteiger partial charge on any atom is 0.134 e.